The van der Waals surface area contributed by atoms with Crippen LogP contribution in [0.25, 0.3) is 0 Å². The fourth-order valence-corrected chi connectivity index (χ4v) is 5.30. The third-order valence-corrected chi connectivity index (χ3v) is 7.46. The van der Waals surface area contributed by atoms with Gasteiger partial charge in [-0.2, -0.15) is 0 Å². The summed E-state index contributed by atoms with van der Waals surface area (Å²) in [6.07, 6.45) is 0.723. The van der Waals surface area contributed by atoms with E-state index in [0.717, 1.165) is 6.42 Å². The van der Waals surface area contributed by atoms with Gasteiger partial charge in [-0.3, -0.25) is 14.5 Å². The van der Waals surface area contributed by atoms with Crippen molar-refractivity contribution in [3.8, 4) is 5.75 Å². The van der Waals surface area contributed by atoms with Crippen LogP contribution in [0, 0.1) is 6.92 Å². The van der Waals surface area contributed by atoms with Crippen LogP contribution in [0.15, 0.2) is 60.0 Å². The molecule has 4 rings (SSSR count). The second kappa shape index (κ2) is 10.5. The molecular weight excluding hydrogens is 490 g/mol. The first-order valence-corrected chi connectivity index (χ1v) is 12.4. The lowest BCUT2D eigenvalue weighted by molar-refractivity contribution is -0.124. The van der Waals surface area contributed by atoms with Gasteiger partial charge >= 0.3 is 0 Å². The summed E-state index contributed by atoms with van der Waals surface area (Å²) in [5.41, 5.74) is 2.48. The summed E-state index contributed by atoms with van der Waals surface area (Å²) >= 11 is 13.4. The van der Waals surface area contributed by atoms with Crippen molar-refractivity contribution in [3.05, 3.63) is 75.4 Å². The van der Waals surface area contributed by atoms with Gasteiger partial charge in [-0.05, 0) is 91.1 Å². The molecule has 0 spiro atoms. The topological polar surface area (TPSA) is 61.9 Å². The first-order chi connectivity index (χ1) is 16.4. The molecule has 2 aromatic carbocycles. The second-order valence-electron chi connectivity index (χ2n) is 7.90. The largest absolute Gasteiger partial charge is 0.497 e. The van der Waals surface area contributed by atoms with Crippen LogP contribution in [0.3, 0.4) is 0 Å². The number of ether oxygens (including phenoxy) is 1. The zero-order chi connectivity index (χ0) is 24.2. The summed E-state index contributed by atoms with van der Waals surface area (Å²) in [4.78, 5) is 31.0. The summed E-state index contributed by atoms with van der Waals surface area (Å²) in [6.45, 7) is 2.61. The van der Waals surface area contributed by atoms with E-state index in [1.165, 1.54) is 15.3 Å². The molecule has 0 unspecified atom stereocenters. The number of rotatable bonds is 8. The van der Waals surface area contributed by atoms with Gasteiger partial charge in [-0.15, -0.1) is 11.3 Å². The molecule has 0 saturated carbocycles. The van der Waals surface area contributed by atoms with Crippen LogP contribution >= 0.6 is 35.2 Å². The zero-order valence-electron chi connectivity index (χ0n) is 18.8. The number of amides is 2. The first kappa shape index (κ1) is 24.2. The molecule has 1 fully saturated rings. The molecular formula is C25H24ClN3O3S2. The number of thiocarbonyl (C=S) groups is 1. The van der Waals surface area contributed by atoms with Gasteiger partial charge in [0.1, 0.15) is 11.8 Å². The summed E-state index contributed by atoms with van der Waals surface area (Å²) in [5, 5.41) is 5.88. The lowest BCUT2D eigenvalue weighted by Crippen LogP contribution is -2.39. The third-order valence-electron chi connectivity index (χ3n) is 5.70. The number of anilines is 2. The minimum atomic E-state index is -0.693. The van der Waals surface area contributed by atoms with E-state index in [-0.39, 0.29) is 18.2 Å². The number of benzene rings is 2. The van der Waals surface area contributed by atoms with Gasteiger partial charge in [0.05, 0.1) is 19.2 Å². The molecule has 2 amide bonds. The van der Waals surface area contributed by atoms with Crippen molar-refractivity contribution in [2.45, 2.75) is 25.8 Å². The molecule has 176 valence electrons. The number of carbonyl (C=O) groups excluding carboxylic acids is 2. The van der Waals surface area contributed by atoms with Crippen LogP contribution in [0.1, 0.15) is 16.9 Å². The SMILES string of the molecule is COc1ccc(NC(=O)C[C@@H]2C(=O)N(c3ccc(Cl)cc3)C(=S)N2CCc2sccc2C)cc1. The maximum absolute atomic E-state index is 13.5. The number of halogens is 1. The number of carbonyl (C=O) groups is 2. The van der Waals surface area contributed by atoms with Crippen molar-refractivity contribution in [1.82, 2.24) is 4.90 Å². The molecule has 1 atom stereocenters. The predicted molar refractivity (Wildman–Crippen MR) is 141 cm³/mol. The van der Waals surface area contributed by atoms with E-state index in [1.807, 2.05) is 4.90 Å². The molecule has 2 heterocycles. The quantitative estimate of drug-likeness (QED) is 0.414. The van der Waals surface area contributed by atoms with E-state index in [9.17, 15) is 9.59 Å². The van der Waals surface area contributed by atoms with Gasteiger partial charge in [-0.25, -0.2) is 0 Å². The summed E-state index contributed by atoms with van der Waals surface area (Å²) in [6, 6.07) is 15.4. The Bertz CT molecular complexity index is 1190. The molecule has 0 aliphatic carbocycles. The Labute approximate surface area is 213 Å². The molecule has 0 radical (unpaired) electrons. The highest BCUT2D eigenvalue weighted by molar-refractivity contribution is 7.80. The minimum Gasteiger partial charge on any atom is -0.497 e. The minimum absolute atomic E-state index is 0.0154. The molecule has 1 saturated heterocycles. The van der Waals surface area contributed by atoms with Gasteiger partial charge in [0.2, 0.25) is 5.91 Å². The normalized spacial score (nSPS) is 15.7. The zero-order valence-corrected chi connectivity index (χ0v) is 21.2. The Morgan fingerprint density at radius 2 is 1.85 bits per heavy atom. The monoisotopic (exact) mass is 513 g/mol. The standard InChI is InChI=1S/C25H24ClN3O3S2/c1-16-12-14-34-22(16)11-13-28-21(15-23(30)27-18-5-9-20(32-2)10-6-18)24(31)29(25(28)33)19-7-3-17(26)4-8-19/h3-10,12,14,21H,11,13,15H2,1-2H3,(H,27,30)/t21-/m1/s1. The lowest BCUT2D eigenvalue weighted by atomic mass is 10.1. The number of nitrogens with zero attached hydrogens (tertiary/aromatic N) is 2. The van der Waals surface area contributed by atoms with Crippen molar-refractivity contribution in [2.75, 3.05) is 23.9 Å². The highest BCUT2D eigenvalue weighted by Gasteiger charge is 2.44. The van der Waals surface area contributed by atoms with Crippen molar-refractivity contribution in [3.63, 3.8) is 0 Å². The van der Waals surface area contributed by atoms with Gasteiger partial charge < -0.3 is 15.0 Å². The Balaban J connectivity index is 1.54. The maximum atomic E-state index is 13.5. The van der Waals surface area contributed by atoms with Crippen LogP contribution in [0.5, 0.6) is 5.75 Å². The van der Waals surface area contributed by atoms with Gasteiger partial charge in [0.15, 0.2) is 5.11 Å². The van der Waals surface area contributed by atoms with Crippen LogP contribution in [-0.4, -0.2) is 41.5 Å². The van der Waals surface area contributed by atoms with Crippen molar-refractivity contribution in [2.24, 2.45) is 0 Å². The van der Waals surface area contributed by atoms with Gasteiger partial charge in [0, 0.05) is 22.1 Å². The predicted octanol–water partition coefficient (Wildman–Crippen LogP) is 5.29. The second-order valence-corrected chi connectivity index (χ2v) is 9.70. The fraction of sp³-hybridized carbons (Fsp3) is 0.240. The van der Waals surface area contributed by atoms with E-state index in [0.29, 0.717) is 33.8 Å². The van der Waals surface area contributed by atoms with Crippen molar-refractivity contribution in [1.29, 1.82) is 0 Å². The Hall–Kier alpha value is -2.94. The fourth-order valence-electron chi connectivity index (χ4n) is 3.86. The van der Waals surface area contributed by atoms with E-state index >= 15 is 0 Å². The van der Waals surface area contributed by atoms with Crippen LogP contribution in [-0.2, 0) is 16.0 Å². The van der Waals surface area contributed by atoms with E-state index in [1.54, 1.807) is 67.0 Å². The molecule has 6 nitrogen and oxygen atoms in total. The lowest BCUT2D eigenvalue weighted by Gasteiger charge is -2.24. The number of methoxy groups -OCH3 is 1. The van der Waals surface area contributed by atoms with Gasteiger partial charge in [-0.1, -0.05) is 11.6 Å². The van der Waals surface area contributed by atoms with Crippen molar-refractivity contribution >= 4 is 63.5 Å². The van der Waals surface area contributed by atoms with Crippen LogP contribution in [0.4, 0.5) is 11.4 Å². The highest BCUT2D eigenvalue weighted by Crippen LogP contribution is 2.29. The summed E-state index contributed by atoms with van der Waals surface area (Å²) in [7, 11) is 1.58. The third kappa shape index (κ3) is 5.24. The van der Waals surface area contributed by atoms with E-state index < -0.39 is 6.04 Å². The number of hydrogen-bond donors (Lipinski definition) is 1. The number of nitrogens with one attached hydrogen (secondary N) is 1. The molecule has 34 heavy (non-hydrogen) atoms. The average molecular weight is 514 g/mol. The van der Waals surface area contributed by atoms with E-state index in [2.05, 4.69) is 23.7 Å². The molecule has 1 aliphatic rings. The van der Waals surface area contributed by atoms with Crippen LogP contribution < -0.4 is 15.0 Å². The molecule has 3 aromatic rings. The summed E-state index contributed by atoms with van der Waals surface area (Å²) < 4.78 is 5.16. The molecule has 0 bridgehead atoms. The average Bonchev–Trinajstić information content (AvgIpc) is 3.33. The Morgan fingerprint density at radius 1 is 1.15 bits per heavy atom. The molecule has 1 aromatic heterocycles. The number of hydrogen-bond acceptors (Lipinski definition) is 5. The van der Waals surface area contributed by atoms with Gasteiger partial charge in [0.25, 0.3) is 5.91 Å². The Morgan fingerprint density at radius 3 is 2.47 bits per heavy atom. The maximum Gasteiger partial charge on any atom is 0.256 e. The Kier molecular flexibility index (Phi) is 7.50. The summed E-state index contributed by atoms with van der Waals surface area (Å²) in [5.74, 6) is 0.213. The number of aryl methyl sites for hydroxylation is 1. The molecule has 1 aliphatic heterocycles. The first-order valence-electron chi connectivity index (χ1n) is 10.7. The smallest absolute Gasteiger partial charge is 0.256 e. The number of thiophene rings is 1. The highest BCUT2D eigenvalue weighted by atomic mass is 35.5. The van der Waals surface area contributed by atoms with Crippen molar-refractivity contribution < 1.29 is 14.3 Å². The van der Waals surface area contributed by atoms with Crippen LogP contribution in [0.2, 0.25) is 5.02 Å². The molecule has 9 heteroatoms. The van der Waals surface area contributed by atoms with E-state index in [4.69, 9.17) is 28.6 Å². The molecule has 1 N–H and O–H groups in total.